The number of hydrogen-bond donors (Lipinski definition) is 0. The Labute approximate surface area is 219 Å². The first kappa shape index (κ1) is 21.0. The van der Waals surface area contributed by atoms with Crippen LogP contribution in [0, 0.1) is 0 Å². The van der Waals surface area contributed by atoms with Crippen LogP contribution in [0.2, 0.25) is 0 Å². The van der Waals surface area contributed by atoms with Crippen molar-refractivity contribution in [3.05, 3.63) is 133 Å². The minimum absolute atomic E-state index is 0.857. The number of fused-ring (bicyclic) bond motifs is 5. The molecule has 0 N–H and O–H groups in total. The van der Waals surface area contributed by atoms with Crippen LogP contribution in [0.1, 0.15) is 0 Å². The zero-order valence-corrected chi connectivity index (χ0v) is 20.5. The van der Waals surface area contributed by atoms with Gasteiger partial charge in [-0.15, -0.1) is 0 Å². The molecular weight excluding hydrogens is 464 g/mol. The number of para-hydroxylation sites is 4. The summed E-state index contributed by atoms with van der Waals surface area (Å²) in [6.45, 7) is 0. The van der Waals surface area contributed by atoms with E-state index in [1.165, 1.54) is 21.9 Å². The van der Waals surface area contributed by atoms with Crippen LogP contribution in [0.25, 0.3) is 71.9 Å². The molecule has 178 valence electrons. The molecule has 0 spiro atoms. The molecule has 2 heterocycles. The SMILES string of the molecule is c1ccc(-c2ccc3cccc(-n4c(-c5cccc6c5oc5ccccc56)nc5ccccc54)c3c2)cc1. The lowest BCUT2D eigenvalue weighted by molar-refractivity contribution is 0.669. The first-order valence-electron chi connectivity index (χ1n) is 12.8. The van der Waals surface area contributed by atoms with Crippen LogP contribution < -0.4 is 0 Å². The van der Waals surface area contributed by atoms with E-state index in [1.807, 2.05) is 18.2 Å². The second kappa shape index (κ2) is 8.19. The molecule has 38 heavy (non-hydrogen) atoms. The van der Waals surface area contributed by atoms with Gasteiger partial charge in [-0.05, 0) is 52.9 Å². The molecule has 8 aromatic rings. The molecule has 0 aliphatic carbocycles. The van der Waals surface area contributed by atoms with Crippen LogP contribution in [0.4, 0.5) is 0 Å². The van der Waals surface area contributed by atoms with Crippen LogP contribution in [-0.4, -0.2) is 9.55 Å². The summed E-state index contributed by atoms with van der Waals surface area (Å²) < 4.78 is 8.72. The molecular formula is C35H22N2O. The maximum absolute atomic E-state index is 6.44. The Bertz CT molecular complexity index is 2130. The highest BCUT2D eigenvalue weighted by molar-refractivity contribution is 6.09. The third-order valence-electron chi connectivity index (χ3n) is 7.41. The molecule has 0 unspecified atom stereocenters. The number of hydrogen-bond acceptors (Lipinski definition) is 2. The normalized spacial score (nSPS) is 11.7. The molecule has 0 saturated carbocycles. The van der Waals surface area contributed by atoms with Crippen molar-refractivity contribution in [3.63, 3.8) is 0 Å². The quantitative estimate of drug-likeness (QED) is 0.249. The van der Waals surface area contributed by atoms with Crippen molar-refractivity contribution in [3.8, 4) is 28.2 Å². The first-order chi connectivity index (χ1) is 18.8. The lowest BCUT2D eigenvalue weighted by atomic mass is 10.00. The Morgan fingerprint density at radius 2 is 1.34 bits per heavy atom. The summed E-state index contributed by atoms with van der Waals surface area (Å²) in [6, 6.07) is 46.6. The first-order valence-corrected chi connectivity index (χ1v) is 12.8. The van der Waals surface area contributed by atoms with Gasteiger partial charge in [0.05, 0.1) is 22.3 Å². The molecule has 0 amide bonds. The van der Waals surface area contributed by atoms with Gasteiger partial charge in [0, 0.05) is 16.2 Å². The summed E-state index contributed by atoms with van der Waals surface area (Å²) in [7, 11) is 0. The summed E-state index contributed by atoms with van der Waals surface area (Å²) in [6.07, 6.45) is 0. The molecule has 0 atom stereocenters. The topological polar surface area (TPSA) is 31.0 Å². The highest BCUT2D eigenvalue weighted by Gasteiger charge is 2.20. The predicted molar refractivity (Wildman–Crippen MR) is 157 cm³/mol. The molecule has 6 aromatic carbocycles. The molecule has 8 rings (SSSR count). The lowest BCUT2D eigenvalue weighted by Gasteiger charge is -2.14. The van der Waals surface area contributed by atoms with Gasteiger partial charge in [0.15, 0.2) is 0 Å². The second-order valence-corrected chi connectivity index (χ2v) is 9.62. The van der Waals surface area contributed by atoms with Crippen molar-refractivity contribution in [2.75, 3.05) is 0 Å². The van der Waals surface area contributed by atoms with E-state index in [0.29, 0.717) is 0 Å². The van der Waals surface area contributed by atoms with E-state index in [4.69, 9.17) is 9.40 Å². The molecule has 0 fully saturated rings. The van der Waals surface area contributed by atoms with Crippen molar-refractivity contribution >= 4 is 43.7 Å². The van der Waals surface area contributed by atoms with Gasteiger partial charge in [-0.3, -0.25) is 4.57 Å². The fraction of sp³-hybridized carbons (Fsp3) is 0. The highest BCUT2D eigenvalue weighted by Crippen LogP contribution is 2.39. The fourth-order valence-corrected chi connectivity index (χ4v) is 5.64. The van der Waals surface area contributed by atoms with Gasteiger partial charge in [0.2, 0.25) is 0 Å². The van der Waals surface area contributed by atoms with Gasteiger partial charge in [0.25, 0.3) is 0 Å². The van der Waals surface area contributed by atoms with Crippen molar-refractivity contribution in [1.29, 1.82) is 0 Å². The third kappa shape index (κ3) is 3.12. The standard InChI is InChI=1S/C35H22N2O/c1-2-10-23(11-3-1)25-21-20-24-12-8-18-31(29(24)22-25)37-32-17-6-5-16-30(32)36-35(37)28-15-9-14-27-26-13-4-7-19-33(26)38-34(27)28/h1-22H. The summed E-state index contributed by atoms with van der Waals surface area (Å²) in [5.41, 5.74) is 8.22. The summed E-state index contributed by atoms with van der Waals surface area (Å²) in [5.74, 6) is 0.869. The lowest BCUT2D eigenvalue weighted by Crippen LogP contribution is -1.99. The number of nitrogens with zero attached hydrogens (tertiary/aromatic N) is 2. The largest absolute Gasteiger partial charge is 0.455 e. The van der Waals surface area contributed by atoms with Gasteiger partial charge in [-0.2, -0.15) is 0 Å². The number of aromatic nitrogens is 2. The average Bonchev–Trinajstić information content (AvgIpc) is 3.56. The minimum Gasteiger partial charge on any atom is -0.455 e. The summed E-state index contributed by atoms with van der Waals surface area (Å²) >= 11 is 0. The van der Waals surface area contributed by atoms with Gasteiger partial charge < -0.3 is 4.42 Å². The molecule has 2 aromatic heterocycles. The van der Waals surface area contributed by atoms with Gasteiger partial charge >= 0.3 is 0 Å². The number of furan rings is 1. The molecule has 0 saturated heterocycles. The zero-order valence-electron chi connectivity index (χ0n) is 20.5. The minimum atomic E-state index is 0.857. The Kier molecular flexibility index (Phi) is 4.52. The molecule has 0 bridgehead atoms. The van der Waals surface area contributed by atoms with E-state index in [0.717, 1.165) is 50.0 Å². The molecule has 0 aliphatic heterocycles. The Balaban J connectivity index is 1.46. The van der Waals surface area contributed by atoms with Crippen LogP contribution in [-0.2, 0) is 0 Å². The van der Waals surface area contributed by atoms with E-state index in [1.54, 1.807) is 0 Å². The van der Waals surface area contributed by atoms with Gasteiger partial charge in [0.1, 0.15) is 17.0 Å². The average molecular weight is 487 g/mol. The predicted octanol–water partition coefficient (Wildman–Crippen LogP) is 9.41. The van der Waals surface area contributed by atoms with E-state index >= 15 is 0 Å². The van der Waals surface area contributed by atoms with Crippen LogP contribution >= 0.6 is 0 Å². The van der Waals surface area contributed by atoms with Crippen LogP contribution in [0.5, 0.6) is 0 Å². The fourth-order valence-electron chi connectivity index (χ4n) is 5.64. The van der Waals surface area contributed by atoms with Crippen molar-refractivity contribution < 1.29 is 4.42 Å². The third-order valence-corrected chi connectivity index (χ3v) is 7.41. The van der Waals surface area contributed by atoms with Crippen LogP contribution in [0.15, 0.2) is 138 Å². The number of rotatable bonds is 3. The van der Waals surface area contributed by atoms with E-state index in [9.17, 15) is 0 Å². The van der Waals surface area contributed by atoms with E-state index in [2.05, 4.69) is 120 Å². The summed E-state index contributed by atoms with van der Waals surface area (Å²) in [4.78, 5) is 5.17. The smallest absolute Gasteiger partial charge is 0.149 e. The van der Waals surface area contributed by atoms with E-state index in [-0.39, 0.29) is 0 Å². The highest BCUT2D eigenvalue weighted by atomic mass is 16.3. The van der Waals surface area contributed by atoms with Crippen molar-refractivity contribution in [2.45, 2.75) is 0 Å². The van der Waals surface area contributed by atoms with Gasteiger partial charge in [-0.1, -0.05) is 97.1 Å². The van der Waals surface area contributed by atoms with Crippen molar-refractivity contribution in [2.24, 2.45) is 0 Å². The van der Waals surface area contributed by atoms with Crippen LogP contribution in [0.3, 0.4) is 0 Å². The second-order valence-electron chi connectivity index (χ2n) is 9.62. The van der Waals surface area contributed by atoms with E-state index < -0.39 is 0 Å². The molecule has 0 aliphatic rings. The zero-order chi connectivity index (χ0) is 25.1. The monoisotopic (exact) mass is 486 g/mol. The summed E-state index contributed by atoms with van der Waals surface area (Å²) in [5, 5.41) is 4.58. The maximum Gasteiger partial charge on any atom is 0.149 e. The number of benzene rings is 6. The Hall–Kier alpha value is -5.15. The molecule has 3 heteroatoms. The molecule has 0 radical (unpaired) electrons. The molecule has 3 nitrogen and oxygen atoms in total. The van der Waals surface area contributed by atoms with Crippen molar-refractivity contribution in [1.82, 2.24) is 9.55 Å². The Morgan fingerprint density at radius 3 is 2.29 bits per heavy atom. The maximum atomic E-state index is 6.44. The van der Waals surface area contributed by atoms with Gasteiger partial charge in [-0.25, -0.2) is 4.98 Å². The number of imidazole rings is 1. The Morgan fingerprint density at radius 1 is 0.553 bits per heavy atom.